The van der Waals surface area contributed by atoms with E-state index in [-0.39, 0.29) is 6.10 Å². The Hall–Kier alpha value is -0.290. The highest BCUT2D eigenvalue weighted by molar-refractivity contribution is 9.10. The minimum absolute atomic E-state index is 0.219. The summed E-state index contributed by atoms with van der Waals surface area (Å²) in [5, 5.41) is 13.1. The largest absolute Gasteiger partial charge is 0.485 e. The van der Waals surface area contributed by atoms with Gasteiger partial charge in [0.15, 0.2) is 0 Å². The molecule has 0 spiro atoms. The third-order valence-electron chi connectivity index (χ3n) is 2.30. The molecular weight excluding hydrogens is 281 g/mol. The molecular formula is C10H11BrClNO2. The van der Waals surface area contributed by atoms with Crippen LogP contribution in [0, 0.1) is 0 Å². The lowest BCUT2D eigenvalue weighted by atomic mass is 10.2. The number of rotatable bonds is 2. The molecule has 2 atom stereocenters. The molecule has 2 N–H and O–H groups in total. The van der Waals surface area contributed by atoms with Crippen molar-refractivity contribution in [2.45, 2.75) is 12.2 Å². The second kappa shape index (κ2) is 4.70. The van der Waals surface area contributed by atoms with Crippen molar-refractivity contribution in [3.05, 3.63) is 27.7 Å². The molecule has 82 valence electrons. The average molecular weight is 293 g/mol. The summed E-state index contributed by atoms with van der Waals surface area (Å²) in [6.07, 6.45) is -0.687. The standard InChI is InChI=1S/C10H11BrClNO2/c11-6-1-2-9(7(12)3-6)15-10-5-13-4-8(10)14/h1-3,8,10,13-14H,4-5H2. The fourth-order valence-electron chi connectivity index (χ4n) is 1.50. The van der Waals surface area contributed by atoms with E-state index in [0.29, 0.717) is 23.9 Å². The summed E-state index contributed by atoms with van der Waals surface area (Å²) < 4.78 is 6.52. The second-order valence-electron chi connectivity index (χ2n) is 3.46. The first-order chi connectivity index (χ1) is 7.16. The van der Waals surface area contributed by atoms with Gasteiger partial charge < -0.3 is 15.2 Å². The number of aliphatic hydroxyl groups is 1. The number of aliphatic hydroxyl groups excluding tert-OH is 1. The highest BCUT2D eigenvalue weighted by Crippen LogP contribution is 2.29. The van der Waals surface area contributed by atoms with E-state index in [2.05, 4.69) is 21.2 Å². The number of hydrogen-bond donors (Lipinski definition) is 2. The molecule has 1 fully saturated rings. The zero-order valence-corrected chi connectivity index (χ0v) is 10.3. The summed E-state index contributed by atoms with van der Waals surface area (Å²) in [6, 6.07) is 5.42. The number of halogens is 2. The smallest absolute Gasteiger partial charge is 0.138 e. The van der Waals surface area contributed by atoms with Crippen LogP contribution in [0.25, 0.3) is 0 Å². The Balaban J connectivity index is 2.10. The predicted octanol–water partition coefficient (Wildman–Crippen LogP) is 1.81. The maximum atomic E-state index is 9.56. The fraction of sp³-hybridized carbons (Fsp3) is 0.400. The summed E-state index contributed by atoms with van der Waals surface area (Å²) in [4.78, 5) is 0. The average Bonchev–Trinajstić information content (AvgIpc) is 2.57. The normalized spacial score (nSPS) is 25.5. The van der Waals surface area contributed by atoms with Crippen LogP contribution >= 0.6 is 27.5 Å². The van der Waals surface area contributed by atoms with Gasteiger partial charge in [0.2, 0.25) is 0 Å². The Morgan fingerprint density at radius 3 is 2.87 bits per heavy atom. The fourth-order valence-corrected chi connectivity index (χ4v) is 2.21. The third kappa shape index (κ3) is 2.64. The first kappa shape index (κ1) is 11.2. The van der Waals surface area contributed by atoms with Gasteiger partial charge in [-0.15, -0.1) is 0 Å². The molecule has 15 heavy (non-hydrogen) atoms. The van der Waals surface area contributed by atoms with E-state index in [1.807, 2.05) is 6.07 Å². The van der Waals surface area contributed by atoms with Crippen molar-refractivity contribution < 1.29 is 9.84 Å². The summed E-state index contributed by atoms with van der Waals surface area (Å²) in [5.74, 6) is 0.604. The summed E-state index contributed by atoms with van der Waals surface area (Å²) in [7, 11) is 0. The molecule has 1 aliphatic heterocycles. The van der Waals surface area contributed by atoms with E-state index in [0.717, 1.165) is 4.47 Å². The molecule has 0 bridgehead atoms. The Morgan fingerprint density at radius 2 is 2.27 bits per heavy atom. The van der Waals surface area contributed by atoms with Gasteiger partial charge >= 0.3 is 0 Å². The molecule has 1 saturated heterocycles. The summed E-state index contributed by atoms with van der Waals surface area (Å²) >= 11 is 9.32. The van der Waals surface area contributed by atoms with Crippen LogP contribution in [0.5, 0.6) is 5.75 Å². The van der Waals surface area contributed by atoms with Gasteiger partial charge in [-0.3, -0.25) is 0 Å². The Morgan fingerprint density at radius 1 is 1.47 bits per heavy atom. The van der Waals surface area contributed by atoms with Crippen LogP contribution < -0.4 is 10.1 Å². The number of hydrogen-bond acceptors (Lipinski definition) is 3. The van der Waals surface area contributed by atoms with Crippen molar-refractivity contribution in [3.8, 4) is 5.75 Å². The topological polar surface area (TPSA) is 41.5 Å². The number of β-amino-alcohol motifs (C(OH)–C–C–N with tert-alkyl or cyclic N) is 1. The minimum atomic E-state index is -0.468. The first-order valence-corrected chi connectivity index (χ1v) is 5.84. The highest BCUT2D eigenvalue weighted by Gasteiger charge is 2.27. The molecule has 1 heterocycles. The lowest BCUT2D eigenvalue weighted by Gasteiger charge is -2.17. The van der Waals surface area contributed by atoms with Crippen LogP contribution in [0.2, 0.25) is 5.02 Å². The molecule has 1 aliphatic rings. The maximum Gasteiger partial charge on any atom is 0.138 e. The van der Waals surface area contributed by atoms with Crippen LogP contribution in [0.1, 0.15) is 0 Å². The van der Waals surface area contributed by atoms with Crippen molar-refractivity contribution in [2.24, 2.45) is 0 Å². The van der Waals surface area contributed by atoms with Crippen LogP contribution in [-0.4, -0.2) is 30.4 Å². The zero-order valence-electron chi connectivity index (χ0n) is 7.91. The molecule has 0 radical (unpaired) electrons. The molecule has 1 aromatic carbocycles. The van der Waals surface area contributed by atoms with Gasteiger partial charge in [-0.05, 0) is 18.2 Å². The van der Waals surface area contributed by atoms with Crippen LogP contribution in [-0.2, 0) is 0 Å². The monoisotopic (exact) mass is 291 g/mol. The molecule has 3 nitrogen and oxygen atoms in total. The third-order valence-corrected chi connectivity index (χ3v) is 3.09. The van der Waals surface area contributed by atoms with Gasteiger partial charge in [-0.2, -0.15) is 0 Å². The molecule has 0 aromatic heterocycles. The lowest BCUT2D eigenvalue weighted by molar-refractivity contribution is 0.0738. The van der Waals surface area contributed by atoms with E-state index in [4.69, 9.17) is 16.3 Å². The maximum absolute atomic E-state index is 9.56. The Kier molecular flexibility index (Phi) is 3.51. The molecule has 2 unspecified atom stereocenters. The predicted molar refractivity (Wildman–Crippen MR) is 62.4 cm³/mol. The Labute approximate surface area is 102 Å². The van der Waals surface area contributed by atoms with Crippen molar-refractivity contribution in [2.75, 3.05) is 13.1 Å². The Bertz CT molecular complexity index is 361. The van der Waals surface area contributed by atoms with Gasteiger partial charge in [0, 0.05) is 17.6 Å². The SMILES string of the molecule is OC1CNCC1Oc1ccc(Br)cc1Cl. The van der Waals surface area contributed by atoms with E-state index >= 15 is 0 Å². The second-order valence-corrected chi connectivity index (χ2v) is 4.78. The van der Waals surface area contributed by atoms with E-state index in [1.54, 1.807) is 12.1 Å². The van der Waals surface area contributed by atoms with E-state index in [1.165, 1.54) is 0 Å². The van der Waals surface area contributed by atoms with Gasteiger partial charge in [0.05, 0.1) is 5.02 Å². The van der Waals surface area contributed by atoms with Gasteiger partial charge in [0.25, 0.3) is 0 Å². The van der Waals surface area contributed by atoms with Gasteiger partial charge in [-0.1, -0.05) is 27.5 Å². The zero-order chi connectivity index (χ0) is 10.8. The van der Waals surface area contributed by atoms with Crippen molar-refractivity contribution in [1.29, 1.82) is 0 Å². The van der Waals surface area contributed by atoms with Crippen LogP contribution in [0.15, 0.2) is 22.7 Å². The van der Waals surface area contributed by atoms with Gasteiger partial charge in [-0.25, -0.2) is 0 Å². The van der Waals surface area contributed by atoms with Crippen molar-refractivity contribution in [3.63, 3.8) is 0 Å². The quantitative estimate of drug-likeness (QED) is 0.873. The molecule has 5 heteroatoms. The number of nitrogens with one attached hydrogen (secondary N) is 1. The summed E-state index contributed by atoms with van der Waals surface area (Å²) in [5.41, 5.74) is 0. The first-order valence-electron chi connectivity index (χ1n) is 4.67. The highest BCUT2D eigenvalue weighted by atomic mass is 79.9. The lowest BCUT2D eigenvalue weighted by Crippen LogP contribution is -2.29. The van der Waals surface area contributed by atoms with Crippen LogP contribution in [0.4, 0.5) is 0 Å². The van der Waals surface area contributed by atoms with Gasteiger partial charge in [0.1, 0.15) is 18.0 Å². The molecule has 1 aromatic rings. The summed E-state index contributed by atoms with van der Waals surface area (Å²) in [6.45, 7) is 1.21. The van der Waals surface area contributed by atoms with E-state index in [9.17, 15) is 5.11 Å². The molecule has 0 saturated carbocycles. The van der Waals surface area contributed by atoms with E-state index < -0.39 is 6.10 Å². The van der Waals surface area contributed by atoms with Crippen LogP contribution in [0.3, 0.4) is 0 Å². The molecule has 0 amide bonds. The molecule has 2 rings (SSSR count). The minimum Gasteiger partial charge on any atom is -0.485 e. The number of ether oxygens (including phenoxy) is 1. The molecule has 0 aliphatic carbocycles. The van der Waals surface area contributed by atoms with Crippen molar-refractivity contribution in [1.82, 2.24) is 5.32 Å². The van der Waals surface area contributed by atoms with Crippen molar-refractivity contribution >= 4 is 27.5 Å². The number of benzene rings is 1.